The smallest absolute Gasteiger partial charge is 0.307 e. The maximum atomic E-state index is 10.8. The molecule has 0 atom stereocenters. The molecule has 2 aromatic carbocycles. The number of benzene rings is 2. The van der Waals surface area contributed by atoms with Crippen LogP contribution in [-0.4, -0.2) is 29.3 Å². The molecule has 0 saturated heterocycles. The van der Waals surface area contributed by atoms with Gasteiger partial charge in [0.1, 0.15) is 19.0 Å². The number of nitrogens with zero attached hydrogens (tertiary/aromatic N) is 1. The molecule has 3 rings (SSSR count). The second-order valence-corrected chi connectivity index (χ2v) is 7.22. The molecule has 0 bridgehead atoms. The van der Waals surface area contributed by atoms with Gasteiger partial charge in [0.2, 0.25) is 0 Å². The first-order valence-electron chi connectivity index (χ1n) is 10.7. The third-order valence-corrected chi connectivity index (χ3v) is 4.68. The molecule has 6 nitrogen and oxygen atoms in total. The number of hydroxylamine groups is 1. The Bertz CT molecular complexity index is 1020. The lowest BCUT2D eigenvalue weighted by atomic mass is 10.1. The summed E-state index contributed by atoms with van der Waals surface area (Å²) in [6.07, 6.45) is 5.84. The number of carbonyl (C=O) groups is 1. The van der Waals surface area contributed by atoms with Crippen molar-refractivity contribution in [3.63, 3.8) is 0 Å². The van der Waals surface area contributed by atoms with Crippen molar-refractivity contribution in [1.82, 2.24) is 10.5 Å². The number of unbranched alkanes of at least 4 members (excludes halogenated alkanes) is 1. The number of carboxylic acid groups (broad SMARTS) is 1. The summed E-state index contributed by atoms with van der Waals surface area (Å²) in [7, 11) is 0. The van der Waals surface area contributed by atoms with Crippen molar-refractivity contribution in [2.24, 2.45) is 0 Å². The number of aromatic nitrogens is 1. The van der Waals surface area contributed by atoms with Crippen LogP contribution in [0.5, 0.6) is 5.75 Å². The molecule has 0 aliphatic heterocycles. The third kappa shape index (κ3) is 7.25. The highest BCUT2D eigenvalue weighted by Crippen LogP contribution is 2.20. The lowest BCUT2D eigenvalue weighted by Crippen LogP contribution is -2.18. The molecular formula is C26H28N2O4. The molecule has 166 valence electrons. The quantitative estimate of drug-likeness (QED) is 0.306. The minimum atomic E-state index is -0.867. The molecule has 1 aromatic heterocycles. The van der Waals surface area contributed by atoms with Crippen LogP contribution in [0.2, 0.25) is 0 Å². The van der Waals surface area contributed by atoms with Crippen LogP contribution in [0.1, 0.15) is 30.9 Å². The largest absolute Gasteiger partial charge is 0.491 e. The Morgan fingerprint density at radius 3 is 2.62 bits per heavy atom. The number of aliphatic carboxylic acids is 1. The van der Waals surface area contributed by atoms with E-state index in [9.17, 15) is 4.79 Å². The van der Waals surface area contributed by atoms with Crippen molar-refractivity contribution in [3.05, 3.63) is 90.1 Å². The second-order valence-electron chi connectivity index (χ2n) is 7.22. The first-order chi connectivity index (χ1) is 15.7. The Labute approximate surface area is 188 Å². The van der Waals surface area contributed by atoms with Crippen LogP contribution in [0.4, 0.5) is 0 Å². The van der Waals surface area contributed by atoms with Crippen molar-refractivity contribution in [2.75, 3.05) is 13.2 Å². The fourth-order valence-electron chi connectivity index (χ4n) is 3.11. The second kappa shape index (κ2) is 12.3. The molecule has 1 heterocycles. The Morgan fingerprint density at radius 2 is 1.91 bits per heavy atom. The Morgan fingerprint density at radius 1 is 1.06 bits per heavy atom. The zero-order valence-electron chi connectivity index (χ0n) is 18.2. The van der Waals surface area contributed by atoms with E-state index in [1.807, 2.05) is 42.5 Å². The summed E-state index contributed by atoms with van der Waals surface area (Å²) in [6, 6.07) is 21.1. The molecule has 0 unspecified atom stereocenters. The highest BCUT2D eigenvalue weighted by Gasteiger charge is 2.05. The van der Waals surface area contributed by atoms with Gasteiger partial charge in [-0.1, -0.05) is 61.9 Å². The average molecular weight is 433 g/mol. The van der Waals surface area contributed by atoms with Crippen LogP contribution >= 0.6 is 0 Å². The van der Waals surface area contributed by atoms with Crippen LogP contribution in [0.3, 0.4) is 0 Å². The minimum Gasteiger partial charge on any atom is -0.491 e. The van der Waals surface area contributed by atoms with Crippen LogP contribution < -0.4 is 10.2 Å². The lowest BCUT2D eigenvalue weighted by Gasteiger charge is -2.13. The summed E-state index contributed by atoms with van der Waals surface area (Å²) < 4.78 is 5.68. The predicted molar refractivity (Wildman–Crippen MR) is 125 cm³/mol. The van der Waals surface area contributed by atoms with Gasteiger partial charge < -0.3 is 9.84 Å². The van der Waals surface area contributed by atoms with E-state index in [-0.39, 0.29) is 6.42 Å². The molecule has 0 aliphatic carbocycles. The number of rotatable bonds is 12. The Kier molecular flexibility index (Phi) is 8.83. The topological polar surface area (TPSA) is 80.7 Å². The Hall–Kier alpha value is -3.64. The number of carboxylic acids is 1. The van der Waals surface area contributed by atoms with E-state index in [0.29, 0.717) is 24.5 Å². The summed E-state index contributed by atoms with van der Waals surface area (Å²) in [5, 5.41) is 8.91. The maximum absolute atomic E-state index is 10.8. The van der Waals surface area contributed by atoms with Gasteiger partial charge in [-0.15, -0.1) is 0 Å². The van der Waals surface area contributed by atoms with Gasteiger partial charge in [-0.2, -0.15) is 0 Å². The summed E-state index contributed by atoms with van der Waals surface area (Å²) >= 11 is 0. The van der Waals surface area contributed by atoms with Gasteiger partial charge >= 0.3 is 5.97 Å². The molecule has 0 spiro atoms. The third-order valence-electron chi connectivity index (χ3n) is 4.68. The summed E-state index contributed by atoms with van der Waals surface area (Å²) in [4.78, 5) is 20.9. The van der Waals surface area contributed by atoms with Gasteiger partial charge in [-0.25, -0.2) is 0 Å². The van der Waals surface area contributed by atoms with E-state index < -0.39 is 5.97 Å². The fraction of sp³-hybridized carbons (Fsp3) is 0.231. The van der Waals surface area contributed by atoms with Crippen molar-refractivity contribution >= 4 is 11.7 Å². The average Bonchev–Trinajstić information content (AvgIpc) is 2.81. The van der Waals surface area contributed by atoms with E-state index in [1.54, 1.807) is 30.5 Å². The first-order valence-corrected chi connectivity index (χ1v) is 10.7. The molecule has 32 heavy (non-hydrogen) atoms. The van der Waals surface area contributed by atoms with E-state index >= 15 is 0 Å². The van der Waals surface area contributed by atoms with Gasteiger partial charge in [0.05, 0.1) is 17.8 Å². The molecular weight excluding hydrogens is 404 g/mol. The molecule has 6 heteroatoms. The van der Waals surface area contributed by atoms with Crippen LogP contribution in [-0.2, 0) is 16.1 Å². The van der Waals surface area contributed by atoms with Gasteiger partial charge in [-0.05, 0) is 41.8 Å². The van der Waals surface area contributed by atoms with Gasteiger partial charge in [0, 0.05) is 11.8 Å². The van der Waals surface area contributed by atoms with E-state index in [2.05, 4.69) is 23.5 Å². The normalized spacial score (nSPS) is 11.2. The maximum Gasteiger partial charge on any atom is 0.307 e. The molecule has 2 N–H and O–H groups in total. The van der Waals surface area contributed by atoms with Crippen molar-refractivity contribution < 1.29 is 19.5 Å². The summed E-state index contributed by atoms with van der Waals surface area (Å²) in [5.41, 5.74) is 7.67. The van der Waals surface area contributed by atoms with Crippen molar-refractivity contribution in [2.45, 2.75) is 26.2 Å². The van der Waals surface area contributed by atoms with Gasteiger partial charge in [0.15, 0.2) is 0 Å². The zero-order valence-corrected chi connectivity index (χ0v) is 18.2. The molecule has 0 fully saturated rings. The standard InChI is InChI=1S/C26H28N2O4/c1-2-3-9-25(22-13-11-21(12-14-22)24-10-4-5-15-27-24)28-32-17-16-31-23-8-6-7-20(18-23)19-26(29)30/h4-15,18,28H,2-3,16-17,19H2,1H3,(H,29,30). The number of pyridine rings is 1. The van der Waals surface area contributed by atoms with E-state index in [0.717, 1.165) is 35.4 Å². The molecule has 0 amide bonds. The number of hydrogen-bond acceptors (Lipinski definition) is 5. The molecule has 3 aromatic rings. The number of hydrogen-bond donors (Lipinski definition) is 2. The van der Waals surface area contributed by atoms with Crippen LogP contribution in [0.25, 0.3) is 17.0 Å². The minimum absolute atomic E-state index is 0.0278. The number of allylic oxidation sites excluding steroid dienone is 1. The molecule has 0 saturated carbocycles. The van der Waals surface area contributed by atoms with Gasteiger partial charge in [0.25, 0.3) is 0 Å². The van der Waals surface area contributed by atoms with Crippen molar-refractivity contribution in [1.29, 1.82) is 0 Å². The van der Waals surface area contributed by atoms with Crippen LogP contribution in [0, 0.1) is 0 Å². The van der Waals surface area contributed by atoms with Gasteiger partial charge in [-0.3, -0.25) is 20.1 Å². The lowest BCUT2D eigenvalue weighted by molar-refractivity contribution is -0.136. The van der Waals surface area contributed by atoms with E-state index in [4.69, 9.17) is 14.7 Å². The fourth-order valence-corrected chi connectivity index (χ4v) is 3.11. The van der Waals surface area contributed by atoms with Crippen molar-refractivity contribution in [3.8, 4) is 17.0 Å². The number of nitrogens with one attached hydrogen (secondary N) is 1. The highest BCUT2D eigenvalue weighted by molar-refractivity contribution is 5.70. The van der Waals surface area contributed by atoms with Crippen LogP contribution in [0.15, 0.2) is 79.0 Å². The number of ether oxygens (including phenoxy) is 1. The van der Waals surface area contributed by atoms with E-state index in [1.165, 1.54) is 0 Å². The Balaban J connectivity index is 1.52. The zero-order chi connectivity index (χ0) is 22.6. The summed E-state index contributed by atoms with van der Waals surface area (Å²) in [5.74, 6) is -0.242. The first kappa shape index (κ1) is 23.0. The highest BCUT2D eigenvalue weighted by atomic mass is 16.7. The summed E-state index contributed by atoms with van der Waals surface area (Å²) in [6.45, 7) is 2.80. The SMILES string of the molecule is CCCC=C(NOCCOc1cccc(CC(=O)O)c1)c1ccc(-c2ccccn2)cc1. The monoisotopic (exact) mass is 432 g/mol. The molecule has 0 radical (unpaired) electrons. The molecule has 0 aliphatic rings. The predicted octanol–water partition coefficient (Wildman–Crippen LogP) is 5.12.